The number of halogens is 2. The van der Waals surface area contributed by atoms with Crippen molar-refractivity contribution < 1.29 is 9.59 Å². The van der Waals surface area contributed by atoms with Crippen molar-refractivity contribution in [2.45, 2.75) is 44.6 Å². The molecule has 1 aromatic carbocycles. The van der Waals surface area contributed by atoms with E-state index in [1.165, 1.54) is 51.3 Å². The molecule has 1 aromatic rings. The van der Waals surface area contributed by atoms with Crippen molar-refractivity contribution in [1.29, 1.82) is 0 Å². The highest BCUT2D eigenvalue weighted by molar-refractivity contribution is 6.42. The molecule has 3 aliphatic rings. The number of nitrogens with zero attached hydrogens (tertiary/aromatic N) is 2. The van der Waals surface area contributed by atoms with Crippen LogP contribution in [0, 0.1) is 11.8 Å². The number of benzene rings is 1. The third-order valence-corrected chi connectivity index (χ3v) is 7.68. The van der Waals surface area contributed by atoms with E-state index in [2.05, 4.69) is 10.2 Å². The fourth-order valence-electron chi connectivity index (χ4n) is 5.23. The number of carbonyl (C=O) groups excluding carboxylic acids is 2. The van der Waals surface area contributed by atoms with Gasteiger partial charge >= 0.3 is 0 Å². The summed E-state index contributed by atoms with van der Waals surface area (Å²) in [7, 11) is 0. The summed E-state index contributed by atoms with van der Waals surface area (Å²) >= 11 is 11.9. The van der Waals surface area contributed by atoms with Gasteiger partial charge < -0.3 is 10.2 Å². The van der Waals surface area contributed by atoms with Gasteiger partial charge in [-0.3, -0.25) is 14.5 Å². The second kappa shape index (κ2) is 9.23. The summed E-state index contributed by atoms with van der Waals surface area (Å²) < 4.78 is 0. The van der Waals surface area contributed by atoms with Crippen LogP contribution in [0.3, 0.4) is 0 Å². The summed E-state index contributed by atoms with van der Waals surface area (Å²) in [5, 5.41) is 3.44. The Hall–Kier alpha value is -1.30. The van der Waals surface area contributed by atoms with Crippen LogP contribution in [0.4, 0.5) is 0 Å². The topological polar surface area (TPSA) is 52.7 Å². The number of hydrogen-bond donors (Lipinski definition) is 1. The maximum absolute atomic E-state index is 12.6. The number of likely N-dealkylation sites (tertiary alicyclic amines) is 2. The Bertz CT molecular complexity index is 772. The molecular weight excluding hydrogens is 409 g/mol. The number of amides is 2. The van der Waals surface area contributed by atoms with E-state index in [9.17, 15) is 9.59 Å². The zero-order chi connectivity index (χ0) is 20.4. The van der Waals surface area contributed by atoms with Crippen molar-refractivity contribution in [3.05, 3.63) is 33.8 Å². The van der Waals surface area contributed by atoms with E-state index in [-0.39, 0.29) is 18.4 Å². The van der Waals surface area contributed by atoms with E-state index < -0.39 is 0 Å². The number of carbonyl (C=O) groups is 2. The van der Waals surface area contributed by atoms with Crippen LogP contribution in [0.1, 0.15) is 48.9 Å². The normalized spacial score (nSPS) is 27.5. The van der Waals surface area contributed by atoms with E-state index in [4.69, 9.17) is 23.2 Å². The van der Waals surface area contributed by atoms with Crippen molar-refractivity contribution in [3.8, 4) is 0 Å². The number of piperidine rings is 1. The first-order chi connectivity index (χ1) is 14.0. The minimum atomic E-state index is -0.313. The molecule has 2 aliphatic heterocycles. The molecule has 2 amide bonds. The molecule has 0 bridgehead atoms. The van der Waals surface area contributed by atoms with Gasteiger partial charge in [0.05, 0.1) is 16.6 Å². The Kier molecular flexibility index (Phi) is 6.67. The van der Waals surface area contributed by atoms with Crippen LogP contribution in [0.5, 0.6) is 0 Å². The molecule has 3 fully saturated rings. The van der Waals surface area contributed by atoms with Gasteiger partial charge in [-0.2, -0.15) is 0 Å². The lowest BCUT2D eigenvalue weighted by Gasteiger charge is -2.43. The molecule has 4 rings (SSSR count). The van der Waals surface area contributed by atoms with Gasteiger partial charge in [0.1, 0.15) is 0 Å². The lowest BCUT2D eigenvalue weighted by molar-refractivity contribution is -0.129. The smallest absolute Gasteiger partial charge is 0.251 e. The van der Waals surface area contributed by atoms with E-state index in [0.29, 0.717) is 21.7 Å². The Morgan fingerprint density at radius 2 is 1.76 bits per heavy atom. The van der Waals surface area contributed by atoms with Gasteiger partial charge in [-0.25, -0.2) is 0 Å². The Morgan fingerprint density at radius 3 is 2.55 bits per heavy atom. The van der Waals surface area contributed by atoms with Crippen LogP contribution in [-0.2, 0) is 4.79 Å². The number of nitrogens with one attached hydrogen (secondary N) is 1. The molecule has 0 spiro atoms. The van der Waals surface area contributed by atoms with Gasteiger partial charge in [-0.05, 0) is 55.8 Å². The van der Waals surface area contributed by atoms with Crippen LogP contribution in [0.15, 0.2) is 18.2 Å². The first-order valence-corrected chi connectivity index (χ1v) is 11.5. The molecule has 1 saturated carbocycles. The standard InChI is InChI=1S/C22H29Cl2N3O2/c23-19-6-5-16(11-20(19)24)22(29)25-12-21(28)27-10-8-18(14-27)26-9-7-15-3-1-2-4-17(15)13-26/h5-6,11,15,17-18H,1-4,7-10,12-14H2,(H,25,29). The second-order valence-electron chi connectivity index (χ2n) is 8.68. The second-order valence-corrected chi connectivity index (χ2v) is 9.50. The molecule has 0 aromatic heterocycles. The van der Waals surface area contributed by atoms with Crippen LogP contribution in [0.2, 0.25) is 10.0 Å². The molecule has 1 aliphatic carbocycles. The van der Waals surface area contributed by atoms with Crippen LogP contribution < -0.4 is 5.32 Å². The Balaban J connectivity index is 1.25. The third kappa shape index (κ3) is 4.89. The Labute approximate surface area is 182 Å². The van der Waals surface area contributed by atoms with E-state index in [0.717, 1.165) is 31.3 Å². The van der Waals surface area contributed by atoms with Crippen molar-refractivity contribution in [2.24, 2.45) is 11.8 Å². The predicted molar refractivity (Wildman–Crippen MR) is 115 cm³/mol. The van der Waals surface area contributed by atoms with Crippen molar-refractivity contribution >= 4 is 35.0 Å². The summed E-state index contributed by atoms with van der Waals surface area (Å²) in [6.45, 7) is 3.93. The van der Waals surface area contributed by atoms with E-state index in [1.54, 1.807) is 12.1 Å². The Morgan fingerprint density at radius 1 is 0.966 bits per heavy atom. The SMILES string of the molecule is O=C(NCC(=O)N1CCC(N2CCC3CCCCC3C2)C1)c1ccc(Cl)c(Cl)c1. The highest BCUT2D eigenvalue weighted by Gasteiger charge is 2.37. The number of rotatable bonds is 4. The molecule has 158 valence electrons. The summed E-state index contributed by atoms with van der Waals surface area (Å²) in [6, 6.07) is 5.17. The first-order valence-electron chi connectivity index (χ1n) is 10.8. The summed E-state index contributed by atoms with van der Waals surface area (Å²) in [6.07, 6.45) is 7.91. The maximum Gasteiger partial charge on any atom is 0.251 e. The molecule has 0 radical (unpaired) electrons. The predicted octanol–water partition coefficient (Wildman–Crippen LogP) is 3.84. The quantitative estimate of drug-likeness (QED) is 0.778. The van der Waals surface area contributed by atoms with Gasteiger partial charge in [0.2, 0.25) is 5.91 Å². The molecule has 2 saturated heterocycles. The summed E-state index contributed by atoms with van der Waals surface area (Å²) in [5.74, 6) is 1.45. The van der Waals surface area contributed by atoms with E-state index >= 15 is 0 Å². The monoisotopic (exact) mass is 437 g/mol. The zero-order valence-corrected chi connectivity index (χ0v) is 18.2. The van der Waals surface area contributed by atoms with Gasteiger partial charge in [0.25, 0.3) is 5.91 Å². The molecule has 29 heavy (non-hydrogen) atoms. The third-order valence-electron chi connectivity index (χ3n) is 6.94. The van der Waals surface area contributed by atoms with Crippen LogP contribution in [-0.4, -0.2) is 60.4 Å². The summed E-state index contributed by atoms with van der Waals surface area (Å²) in [5.41, 5.74) is 0.404. The fourth-order valence-corrected chi connectivity index (χ4v) is 5.53. The van der Waals surface area contributed by atoms with Crippen molar-refractivity contribution in [1.82, 2.24) is 15.1 Å². The van der Waals surface area contributed by atoms with Gasteiger partial charge in [-0.15, -0.1) is 0 Å². The molecule has 3 atom stereocenters. The van der Waals surface area contributed by atoms with Crippen LogP contribution in [0.25, 0.3) is 0 Å². The van der Waals surface area contributed by atoms with Crippen LogP contribution >= 0.6 is 23.2 Å². The van der Waals surface area contributed by atoms with Crippen molar-refractivity contribution in [3.63, 3.8) is 0 Å². The van der Waals surface area contributed by atoms with E-state index in [1.807, 2.05) is 4.90 Å². The van der Waals surface area contributed by atoms with Crippen molar-refractivity contribution in [2.75, 3.05) is 32.7 Å². The average Bonchev–Trinajstić information content (AvgIpc) is 3.24. The highest BCUT2D eigenvalue weighted by Crippen LogP contribution is 2.37. The largest absolute Gasteiger partial charge is 0.343 e. The average molecular weight is 438 g/mol. The fraction of sp³-hybridized carbons (Fsp3) is 0.636. The number of fused-ring (bicyclic) bond motifs is 1. The summed E-state index contributed by atoms with van der Waals surface area (Å²) in [4.78, 5) is 29.4. The van der Waals surface area contributed by atoms with Gasteiger partial charge in [0.15, 0.2) is 0 Å². The molecular formula is C22H29Cl2N3O2. The number of hydrogen-bond acceptors (Lipinski definition) is 3. The molecule has 2 heterocycles. The molecule has 3 unspecified atom stereocenters. The zero-order valence-electron chi connectivity index (χ0n) is 16.7. The minimum Gasteiger partial charge on any atom is -0.343 e. The lowest BCUT2D eigenvalue weighted by atomic mass is 9.75. The van der Waals surface area contributed by atoms with Gasteiger partial charge in [-0.1, -0.05) is 42.5 Å². The molecule has 7 heteroatoms. The lowest BCUT2D eigenvalue weighted by Crippen LogP contribution is -2.48. The first kappa shape index (κ1) is 21.0. The molecule has 1 N–H and O–H groups in total. The highest BCUT2D eigenvalue weighted by atomic mass is 35.5. The van der Waals surface area contributed by atoms with Gasteiger partial charge in [0, 0.05) is 31.2 Å². The maximum atomic E-state index is 12.6. The molecule has 5 nitrogen and oxygen atoms in total. The minimum absolute atomic E-state index is 0.0104.